The summed E-state index contributed by atoms with van der Waals surface area (Å²) < 4.78 is 31.1. The van der Waals surface area contributed by atoms with Gasteiger partial charge in [0.25, 0.3) is 10.0 Å². The lowest BCUT2D eigenvalue weighted by molar-refractivity contribution is 0.216. The molecule has 1 saturated heterocycles. The molecule has 0 aliphatic carbocycles. The summed E-state index contributed by atoms with van der Waals surface area (Å²) in [6.07, 6.45) is 0. The van der Waals surface area contributed by atoms with Crippen molar-refractivity contribution in [2.75, 3.05) is 38.1 Å². The van der Waals surface area contributed by atoms with Crippen molar-refractivity contribution in [3.63, 3.8) is 0 Å². The molecule has 220 valence electrons. The molecule has 0 N–H and O–H groups in total. The maximum absolute atomic E-state index is 14.3. The average molecular weight is 675 g/mol. The summed E-state index contributed by atoms with van der Waals surface area (Å²) >= 11 is 5.31. The van der Waals surface area contributed by atoms with Gasteiger partial charge in [-0.3, -0.25) is 0 Å². The van der Waals surface area contributed by atoms with Gasteiger partial charge in [-0.25, -0.2) is 17.4 Å². The number of aliphatic imine (C=N–C) groups is 1. The number of benzene rings is 3. The van der Waals surface area contributed by atoms with Crippen LogP contribution in [0, 0.1) is 13.8 Å². The molecule has 10 heteroatoms. The van der Waals surface area contributed by atoms with Gasteiger partial charge in [0.15, 0.2) is 0 Å². The molecule has 0 radical (unpaired) electrons. The number of nitrogens with zero attached hydrogens (tertiary/aromatic N) is 5. The Hall–Kier alpha value is -3.44. The molecule has 43 heavy (non-hydrogen) atoms. The zero-order valence-corrected chi connectivity index (χ0v) is 27.5. The number of hydrogen-bond acceptors (Lipinski definition) is 7. The van der Waals surface area contributed by atoms with Crippen molar-refractivity contribution in [2.24, 2.45) is 4.99 Å². The van der Waals surface area contributed by atoms with Crippen molar-refractivity contribution in [2.45, 2.75) is 25.3 Å². The number of aromatic nitrogens is 1. The Morgan fingerprint density at radius 3 is 2.42 bits per heavy atom. The molecule has 2 aliphatic heterocycles. The summed E-state index contributed by atoms with van der Waals surface area (Å²) in [5.74, 6) is 0.985. The second-order valence-corrected chi connectivity index (χ2v) is 15.2. The van der Waals surface area contributed by atoms with Gasteiger partial charge < -0.3 is 14.7 Å². The molecular weight excluding hydrogens is 642 g/mol. The molecular formula is C33H32BrN5O2S2. The van der Waals surface area contributed by atoms with Gasteiger partial charge in [-0.1, -0.05) is 45.8 Å². The lowest BCUT2D eigenvalue weighted by Crippen LogP contribution is -2.47. The fourth-order valence-corrected chi connectivity index (χ4v) is 8.87. The standard InChI is InChI=1S/C33H32BrN5O2S2/c1-22-8-11-27(12-9-22)43(40,41)39-26(20-24-19-25(34)10-13-30(24)39)21-38-31-7-5-4-6-29(31)35-32(28-18-23(2)42-33(28)38)37-16-14-36(3)15-17-37/h4-13,18-20H,14-17,21H2,1-3H3. The van der Waals surface area contributed by atoms with E-state index in [9.17, 15) is 8.42 Å². The molecule has 0 atom stereocenters. The molecule has 2 aliphatic rings. The first kappa shape index (κ1) is 28.3. The Morgan fingerprint density at radius 1 is 0.907 bits per heavy atom. The summed E-state index contributed by atoms with van der Waals surface area (Å²) in [6.45, 7) is 8.22. The minimum atomic E-state index is -3.89. The number of para-hydroxylation sites is 2. The highest BCUT2D eigenvalue weighted by molar-refractivity contribution is 9.10. The number of likely N-dealkylation sites (N-methyl/N-ethyl adjacent to an activating group) is 1. The molecule has 5 aromatic rings. The molecule has 3 aromatic carbocycles. The first-order valence-electron chi connectivity index (χ1n) is 14.3. The van der Waals surface area contributed by atoms with E-state index in [1.165, 1.54) is 8.85 Å². The van der Waals surface area contributed by atoms with E-state index in [1.807, 2.05) is 55.5 Å². The molecule has 0 unspecified atom stereocenters. The zero-order valence-electron chi connectivity index (χ0n) is 24.3. The predicted molar refractivity (Wildman–Crippen MR) is 180 cm³/mol. The quantitative estimate of drug-likeness (QED) is 0.200. The highest BCUT2D eigenvalue weighted by Crippen LogP contribution is 2.45. The third-order valence-corrected chi connectivity index (χ3v) is 11.5. The van der Waals surface area contributed by atoms with Gasteiger partial charge in [0.05, 0.1) is 39.6 Å². The summed E-state index contributed by atoms with van der Waals surface area (Å²) in [6, 6.07) is 25.2. The summed E-state index contributed by atoms with van der Waals surface area (Å²) in [5.41, 5.74) is 5.28. The molecule has 7 rings (SSSR count). The van der Waals surface area contributed by atoms with E-state index in [1.54, 1.807) is 23.5 Å². The molecule has 4 heterocycles. The smallest absolute Gasteiger partial charge is 0.268 e. The minimum absolute atomic E-state index is 0.268. The van der Waals surface area contributed by atoms with Gasteiger partial charge >= 0.3 is 0 Å². The van der Waals surface area contributed by atoms with Crippen LogP contribution in [0.1, 0.15) is 21.7 Å². The van der Waals surface area contributed by atoms with Crippen LogP contribution in [0.5, 0.6) is 0 Å². The van der Waals surface area contributed by atoms with Crippen molar-refractivity contribution >= 4 is 70.4 Å². The molecule has 0 spiro atoms. The van der Waals surface area contributed by atoms with Crippen LogP contribution >= 0.6 is 27.3 Å². The van der Waals surface area contributed by atoms with Crippen LogP contribution < -0.4 is 4.90 Å². The molecule has 0 amide bonds. The topological polar surface area (TPSA) is 61.2 Å². The fourth-order valence-electron chi connectivity index (χ4n) is 5.94. The second kappa shape index (κ2) is 10.9. The van der Waals surface area contributed by atoms with Gasteiger partial charge in [-0.15, -0.1) is 11.3 Å². The first-order chi connectivity index (χ1) is 20.7. The van der Waals surface area contributed by atoms with Gasteiger partial charge in [0.2, 0.25) is 0 Å². The van der Waals surface area contributed by atoms with E-state index in [-0.39, 0.29) is 4.90 Å². The monoisotopic (exact) mass is 673 g/mol. The molecule has 7 nitrogen and oxygen atoms in total. The van der Waals surface area contributed by atoms with E-state index in [0.29, 0.717) is 17.8 Å². The summed E-state index contributed by atoms with van der Waals surface area (Å²) in [4.78, 5) is 13.7. The number of amidine groups is 1. The Kier molecular flexibility index (Phi) is 7.20. The number of anilines is 2. The fraction of sp³-hybridized carbons (Fsp3) is 0.242. The van der Waals surface area contributed by atoms with Crippen molar-refractivity contribution < 1.29 is 8.42 Å². The van der Waals surface area contributed by atoms with Crippen molar-refractivity contribution in [3.8, 4) is 0 Å². The van der Waals surface area contributed by atoms with Crippen LogP contribution in [0.3, 0.4) is 0 Å². The van der Waals surface area contributed by atoms with E-state index < -0.39 is 10.0 Å². The van der Waals surface area contributed by atoms with Gasteiger partial charge in [0, 0.05) is 40.9 Å². The number of aryl methyl sites for hydroxylation is 2. The third-order valence-electron chi connectivity index (χ3n) is 8.19. The number of piperazine rings is 1. The number of rotatable bonds is 4. The largest absolute Gasteiger partial charge is 0.353 e. The van der Waals surface area contributed by atoms with E-state index in [0.717, 1.165) is 69.4 Å². The van der Waals surface area contributed by atoms with Crippen LogP contribution in [0.4, 0.5) is 16.4 Å². The van der Waals surface area contributed by atoms with Crippen LogP contribution in [-0.4, -0.2) is 61.3 Å². The first-order valence-corrected chi connectivity index (χ1v) is 17.4. The SMILES string of the molecule is Cc1ccc(S(=O)(=O)n2c(CN3c4ccccc4N=C(N4CCN(C)CC4)c4cc(C)sc43)cc3cc(Br)ccc32)cc1. The normalized spacial score (nSPS) is 15.8. The minimum Gasteiger partial charge on any atom is -0.353 e. The number of fused-ring (bicyclic) bond motifs is 3. The Bertz CT molecular complexity index is 1990. The highest BCUT2D eigenvalue weighted by atomic mass is 79.9. The van der Waals surface area contributed by atoms with Crippen molar-refractivity contribution in [1.82, 2.24) is 13.8 Å². The van der Waals surface area contributed by atoms with E-state index >= 15 is 0 Å². The second-order valence-electron chi connectivity index (χ2n) is 11.3. The van der Waals surface area contributed by atoms with Crippen LogP contribution in [0.2, 0.25) is 0 Å². The lowest BCUT2D eigenvalue weighted by Gasteiger charge is -2.34. The zero-order chi connectivity index (χ0) is 29.9. The molecule has 1 fully saturated rings. The van der Waals surface area contributed by atoms with Gasteiger partial charge in [-0.2, -0.15) is 0 Å². The highest BCUT2D eigenvalue weighted by Gasteiger charge is 2.31. The number of halogens is 1. The van der Waals surface area contributed by atoms with Crippen LogP contribution in [-0.2, 0) is 16.6 Å². The van der Waals surface area contributed by atoms with Crippen LogP contribution in [0.15, 0.2) is 93.2 Å². The Labute approximate surface area is 264 Å². The maximum atomic E-state index is 14.3. The van der Waals surface area contributed by atoms with Crippen molar-refractivity contribution in [1.29, 1.82) is 0 Å². The van der Waals surface area contributed by atoms with Gasteiger partial charge in [-0.05, 0) is 75.5 Å². The molecule has 0 bridgehead atoms. The summed E-state index contributed by atoms with van der Waals surface area (Å²) in [5, 5.41) is 1.94. The maximum Gasteiger partial charge on any atom is 0.268 e. The third kappa shape index (κ3) is 5.10. The molecule has 0 saturated carbocycles. The molecule has 2 aromatic heterocycles. The Balaban J connectivity index is 1.40. The van der Waals surface area contributed by atoms with E-state index in [2.05, 4.69) is 62.8 Å². The number of hydrogen-bond donors (Lipinski definition) is 0. The van der Waals surface area contributed by atoms with Crippen LogP contribution in [0.25, 0.3) is 10.9 Å². The van der Waals surface area contributed by atoms with Gasteiger partial charge in [0.1, 0.15) is 10.8 Å². The average Bonchev–Trinajstić information content (AvgIpc) is 3.52. The summed E-state index contributed by atoms with van der Waals surface area (Å²) in [7, 11) is -1.73. The predicted octanol–water partition coefficient (Wildman–Crippen LogP) is 7.30. The number of thiophene rings is 1. The van der Waals surface area contributed by atoms with E-state index in [4.69, 9.17) is 4.99 Å². The van der Waals surface area contributed by atoms with Crippen molar-refractivity contribution in [3.05, 3.63) is 105 Å². The lowest BCUT2D eigenvalue weighted by atomic mass is 10.2. The Morgan fingerprint density at radius 2 is 1.65 bits per heavy atom.